The van der Waals surface area contributed by atoms with Gasteiger partial charge in [0.1, 0.15) is 5.65 Å². The SMILES string of the molecule is Cn1cc(-c2cnc3[nH]cc(-c4nnc(Nc5ccc(C(=O)NCC(=O)Nc6cccnc6)cc5Cl)o4)c3c2)cn1. The first-order valence-corrected chi connectivity index (χ1v) is 12.7. The third-order valence-electron chi connectivity index (χ3n) is 6.05. The number of hydrogen-bond acceptors (Lipinski definition) is 9. The van der Waals surface area contributed by atoms with Crippen molar-refractivity contribution in [2.24, 2.45) is 7.05 Å². The number of H-pyrrole nitrogens is 1. The molecule has 204 valence electrons. The molecule has 2 amide bonds. The number of fused-ring (bicyclic) bond motifs is 1. The van der Waals surface area contributed by atoms with E-state index in [0.29, 0.717) is 22.6 Å². The highest BCUT2D eigenvalue weighted by Gasteiger charge is 2.17. The van der Waals surface area contributed by atoms with Crippen LogP contribution in [0.25, 0.3) is 33.6 Å². The number of aromatic amines is 1. The van der Waals surface area contributed by atoms with E-state index in [9.17, 15) is 9.59 Å². The van der Waals surface area contributed by atoms with Crippen LogP contribution in [0.15, 0.2) is 78.0 Å². The topological polar surface area (TPSA) is 169 Å². The molecule has 0 unspecified atom stereocenters. The lowest BCUT2D eigenvalue weighted by Crippen LogP contribution is -2.32. The highest BCUT2D eigenvalue weighted by atomic mass is 35.5. The number of pyridine rings is 2. The Morgan fingerprint density at radius 2 is 2.00 bits per heavy atom. The highest BCUT2D eigenvalue weighted by molar-refractivity contribution is 6.33. The van der Waals surface area contributed by atoms with Crippen LogP contribution in [0.3, 0.4) is 0 Å². The molecule has 0 bridgehead atoms. The van der Waals surface area contributed by atoms with Crippen molar-refractivity contribution in [2.45, 2.75) is 0 Å². The van der Waals surface area contributed by atoms with Gasteiger partial charge in [0.05, 0.1) is 40.9 Å². The number of carbonyl (C=O) groups excluding carboxylic acids is 2. The summed E-state index contributed by atoms with van der Waals surface area (Å²) < 4.78 is 7.58. The third-order valence-corrected chi connectivity index (χ3v) is 6.37. The number of carbonyl (C=O) groups is 2. The van der Waals surface area contributed by atoms with Crippen LogP contribution in [0.2, 0.25) is 5.02 Å². The Morgan fingerprint density at radius 3 is 2.78 bits per heavy atom. The second kappa shape index (κ2) is 10.9. The van der Waals surface area contributed by atoms with Crippen LogP contribution in [0.1, 0.15) is 10.4 Å². The van der Waals surface area contributed by atoms with Crippen LogP contribution in [-0.4, -0.2) is 53.3 Å². The average Bonchev–Trinajstić information content (AvgIpc) is 3.73. The summed E-state index contributed by atoms with van der Waals surface area (Å²) in [4.78, 5) is 36.2. The molecule has 13 nitrogen and oxygen atoms in total. The van der Waals surface area contributed by atoms with Crippen molar-refractivity contribution in [2.75, 3.05) is 17.2 Å². The molecule has 14 heteroatoms. The van der Waals surface area contributed by atoms with Gasteiger partial charge in [-0.15, -0.1) is 5.10 Å². The molecule has 0 atom stereocenters. The van der Waals surface area contributed by atoms with Gasteiger partial charge >= 0.3 is 6.01 Å². The van der Waals surface area contributed by atoms with E-state index in [0.717, 1.165) is 16.5 Å². The zero-order valence-corrected chi connectivity index (χ0v) is 22.2. The van der Waals surface area contributed by atoms with Crippen molar-refractivity contribution < 1.29 is 14.0 Å². The molecule has 0 aliphatic heterocycles. The average molecular weight is 569 g/mol. The number of nitrogens with one attached hydrogen (secondary N) is 4. The Bertz CT molecular complexity index is 1880. The van der Waals surface area contributed by atoms with Gasteiger partial charge in [0.2, 0.25) is 5.91 Å². The first kappa shape index (κ1) is 25.7. The predicted octanol–water partition coefficient (Wildman–Crippen LogP) is 4.17. The lowest BCUT2D eigenvalue weighted by molar-refractivity contribution is -0.115. The van der Waals surface area contributed by atoms with Crippen molar-refractivity contribution in [3.8, 4) is 22.6 Å². The molecule has 0 aliphatic carbocycles. The van der Waals surface area contributed by atoms with Gasteiger partial charge in [0.25, 0.3) is 11.8 Å². The van der Waals surface area contributed by atoms with E-state index in [2.05, 4.69) is 46.2 Å². The molecule has 0 saturated carbocycles. The van der Waals surface area contributed by atoms with E-state index < -0.39 is 5.91 Å². The largest absolute Gasteiger partial charge is 0.403 e. The van der Waals surface area contributed by atoms with E-state index in [1.807, 2.05) is 19.3 Å². The maximum Gasteiger partial charge on any atom is 0.320 e. The summed E-state index contributed by atoms with van der Waals surface area (Å²) in [6.45, 7) is -0.219. The number of benzene rings is 1. The Morgan fingerprint density at radius 1 is 1.10 bits per heavy atom. The Balaban J connectivity index is 1.12. The van der Waals surface area contributed by atoms with Crippen molar-refractivity contribution in [3.05, 3.63) is 84.2 Å². The minimum atomic E-state index is -0.460. The summed E-state index contributed by atoms with van der Waals surface area (Å²) in [5, 5.41) is 21.7. The van der Waals surface area contributed by atoms with Gasteiger partial charge in [-0.2, -0.15) is 5.10 Å². The number of hydrogen-bond donors (Lipinski definition) is 4. The lowest BCUT2D eigenvalue weighted by atomic mass is 10.1. The van der Waals surface area contributed by atoms with Gasteiger partial charge in [-0.1, -0.05) is 16.7 Å². The van der Waals surface area contributed by atoms with Gasteiger partial charge in [-0.05, 0) is 36.4 Å². The molecule has 0 saturated heterocycles. The second-order valence-corrected chi connectivity index (χ2v) is 9.34. The van der Waals surface area contributed by atoms with Crippen molar-refractivity contribution in [1.29, 1.82) is 0 Å². The minimum Gasteiger partial charge on any atom is -0.403 e. The molecule has 0 fully saturated rings. The van der Waals surface area contributed by atoms with Crippen molar-refractivity contribution >= 4 is 51.8 Å². The van der Waals surface area contributed by atoms with Gasteiger partial charge in [0.15, 0.2) is 0 Å². The molecule has 0 spiro atoms. The molecule has 41 heavy (non-hydrogen) atoms. The predicted molar refractivity (Wildman–Crippen MR) is 152 cm³/mol. The van der Waals surface area contributed by atoms with Gasteiger partial charge in [-0.25, -0.2) is 4.98 Å². The maximum absolute atomic E-state index is 12.5. The number of rotatable bonds is 8. The number of anilines is 3. The van der Waals surface area contributed by atoms with Crippen molar-refractivity contribution in [1.82, 2.24) is 40.2 Å². The molecule has 5 heterocycles. The fraction of sp³-hybridized carbons (Fsp3) is 0.0741. The Kier molecular flexibility index (Phi) is 6.83. The number of aromatic nitrogens is 7. The fourth-order valence-electron chi connectivity index (χ4n) is 4.07. The van der Waals surface area contributed by atoms with Crippen LogP contribution >= 0.6 is 11.6 Å². The van der Waals surface area contributed by atoms with E-state index in [1.54, 1.807) is 53.7 Å². The van der Waals surface area contributed by atoms with Crippen LogP contribution in [0, 0.1) is 0 Å². The van der Waals surface area contributed by atoms with Crippen LogP contribution in [-0.2, 0) is 11.8 Å². The molecule has 4 N–H and O–H groups in total. The summed E-state index contributed by atoms with van der Waals surface area (Å²) in [5.74, 6) is -0.568. The van der Waals surface area contributed by atoms with Gasteiger partial charge in [0, 0.05) is 53.9 Å². The summed E-state index contributed by atoms with van der Waals surface area (Å²) in [6.07, 6.45) is 10.3. The molecular formula is C27H21ClN10O3. The monoisotopic (exact) mass is 568 g/mol. The zero-order chi connectivity index (χ0) is 28.3. The van der Waals surface area contributed by atoms with E-state index in [1.165, 1.54) is 12.3 Å². The molecule has 5 aromatic heterocycles. The van der Waals surface area contributed by atoms with Crippen LogP contribution < -0.4 is 16.0 Å². The molecule has 6 aromatic rings. The van der Waals surface area contributed by atoms with Crippen LogP contribution in [0.5, 0.6) is 0 Å². The Labute approximate surface area is 237 Å². The molecule has 6 rings (SSSR count). The maximum atomic E-state index is 12.5. The lowest BCUT2D eigenvalue weighted by Gasteiger charge is -2.09. The normalized spacial score (nSPS) is 11.0. The van der Waals surface area contributed by atoms with Gasteiger partial charge in [-0.3, -0.25) is 19.3 Å². The number of amides is 2. The number of nitrogens with zero attached hydrogens (tertiary/aromatic N) is 6. The summed E-state index contributed by atoms with van der Waals surface area (Å²) in [6, 6.07) is 10.1. The fourth-order valence-corrected chi connectivity index (χ4v) is 4.30. The molecule has 0 aliphatic rings. The van der Waals surface area contributed by atoms with E-state index in [-0.39, 0.29) is 34.9 Å². The zero-order valence-electron chi connectivity index (χ0n) is 21.4. The third kappa shape index (κ3) is 5.60. The molecular weight excluding hydrogens is 548 g/mol. The summed E-state index contributed by atoms with van der Waals surface area (Å²) in [5.41, 5.74) is 4.45. The Hall–Kier alpha value is -5.56. The number of aryl methyl sites for hydroxylation is 1. The van der Waals surface area contributed by atoms with Gasteiger partial charge < -0.3 is 25.4 Å². The summed E-state index contributed by atoms with van der Waals surface area (Å²) in [7, 11) is 1.85. The molecule has 0 radical (unpaired) electrons. The minimum absolute atomic E-state index is 0.108. The van der Waals surface area contributed by atoms with E-state index >= 15 is 0 Å². The van der Waals surface area contributed by atoms with E-state index in [4.69, 9.17) is 16.0 Å². The first-order chi connectivity index (χ1) is 19.9. The summed E-state index contributed by atoms with van der Waals surface area (Å²) >= 11 is 6.42. The van der Waals surface area contributed by atoms with Crippen LogP contribution in [0.4, 0.5) is 17.4 Å². The van der Waals surface area contributed by atoms with Crippen molar-refractivity contribution in [3.63, 3.8) is 0 Å². The number of halogens is 1. The highest BCUT2D eigenvalue weighted by Crippen LogP contribution is 2.32. The molecule has 1 aromatic carbocycles. The quantitative estimate of drug-likeness (QED) is 0.210. The smallest absolute Gasteiger partial charge is 0.320 e. The first-order valence-electron chi connectivity index (χ1n) is 12.3. The second-order valence-electron chi connectivity index (χ2n) is 8.93. The standard InChI is InChI=1S/C27H21ClN10O3/c1-38-14-17(10-33-38)16-7-19-20(12-31-24(19)30-9-16)26-36-37-27(41-26)35-22-5-4-15(8-21(22)28)25(40)32-13-23(39)34-18-3-2-6-29-11-18/h2-12,14H,13H2,1H3,(H,30,31)(H,32,40)(H,34,39)(H,35,37).